The van der Waals surface area contributed by atoms with E-state index in [9.17, 15) is 5.11 Å². The van der Waals surface area contributed by atoms with Crippen LogP contribution in [-0.4, -0.2) is 23.4 Å². The molecule has 3 aliphatic carbocycles. The molecule has 0 aromatic heterocycles. The number of aliphatic hydroxyl groups excluding tert-OH is 1. The van der Waals surface area contributed by atoms with E-state index >= 15 is 0 Å². The average molecular weight is 190 g/mol. The fraction of sp³-hybridized carbons (Fsp3) is 0.667. The Bertz CT molecular complexity index is 333. The van der Waals surface area contributed by atoms with Gasteiger partial charge in [0.15, 0.2) is 0 Å². The first-order valence-corrected chi connectivity index (χ1v) is 5.55. The zero-order valence-corrected chi connectivity index (χ0v) is 7.91. The maximum Gasteiger partial charge on any atom is 0.0876 e. The van der Waals surface area contributed by atoms with Gasteiger partial charge in [-0.25, -0.2) is 0 Å². The van der Waals surface area contributed by atoms with Crippen molar-refractivity contribution in [1.29, 1.82) is 0 Å². The van der Waals surface area contributed by atoms with Crippen LogP contribution in [0, 0.1) is 23.7 Å². The monoisotopic (exact) mass is 190 g/mol. The lowest BCUT2D eigenvalue weighted by atomic mass is 9.72. The van der Waals surface area contributed by atoms with E-state index in [0.29, 0.717) is 29.8 Å². The first-order chi connectivity index (χ1) is 6.86. The van der Waals surface area contributed by atoms with Crippen LogP contribution in [0.2, 0.25) is 0 Å². The molecule has 6 bridgehead atoms. The van der Waals surface area contributed by atoms with Gasteiger partial charge in [-0.3, -0.25) is 0 Å². The summed E-state index contributed by atoms with van der Waals surface area (Å²) in [6.45, 7) is 0. The summed E-state index contributed by atoms with van der Waals surface area (Å²) in [4.78, 5) is 0. The van der Waals surface area contributed by atoms with Crippen LogP contribution in [-0.2, 0) is 4.74 Å². The SMILES string of the molecule is O[C@H]1C2O[C@@H]3[C@H]4C=CC=C[C@H]3[C@@H]1C[C@H]24. The second kappa shape index (κ2) is 2.31. The molecule has 1 unspecified atom stereocenters. The van der Waals surface area contributed by atoms with Gasteiger partial charge in [-0.15, -0.1) is 0 Å². The summed E-state index contributed by atoms with van der Waals surface area (Å²) in [6.07, 6.45) is 10.2. The van der Waals surface area contributed by atoms with Gasteiger partial charge in [-0.1, -0.05) is 24.3 Å². The summed E-state index contributed by atoms with van der Waals surface area (Å²) >= 11 is 0. The molecule has 0 amide bonds. The highest BCUT2D eigenvalue weighted by atomic mass is 16.5. The van der Waals surface area contributed by atoms with Crippen molar-refractivity contribution < 1.29 is 9.84 Å². The molecule has 2 saturated carbocycles. The van der Waals surface area contributed by atoms with Crippen molar-refractivity contribution >= 4 is 0 Å². The number of rotatable bonds is 0. The molecule has 2 heterocycles. The molecule has 74 valence electrons. The molecule has 5 rings (SSSR count). The summed E-state index contributed by atoms with van der Waals surface area (Å²) in [7, 11) is 0. The van der Waals surface area contributed by atoms with Crippen molar-refractivity contribution in [3.8, 4) is 0 Å². The lowest BCUT2D eigenvalue weighted by Gasteiger charge is -2.38. The van der Waals surface area contributed by atoms with Crippen LogP contribution in [0.15, 0.2) is 24.3 Å². The maximum atomic E-state index is 10.1. The highest BCUT2D eigenvalue weighted by Gasteiger charge is 2.63. The predicted molar refractivity (Wildman–Crippen MR) is 51.5 cm³/mol. The molecular weight excluding hydrogens is 176 g/mol. The number of ether oxygens (including phenoxy) is 1. The Morgan fingerprint density at radius 2 is 1.71 bits per heavy atom. The molecular formula is C12H14O2. The van der Waals surface area contributed by atoms with Gasteiger partial charge in [-0.05, 0) is 18.3 Å². The Morgan fingerprint density at radius 1 is 1.00 bits per heavy atom. The lowest BCUT2D eigenvalue weighted by molar-refractivity contribution is -0.112. The molecule has 14 heavy (non-hydrogen) atoms. The van der Waals surface area contributed by atoms with Gasteiger partial charge in [0.1, 0.15) is 0 Å². The highest BCUT2D eigenvalue weighted by Crippen LogP contribution is 2.58. The largest absolute Gasteiger partial charge is 0.390 e. The van der Waals surface area contributed by atoms with Crippen LogP contribution in [0.25, 0.3) is 0 Å². The maximum absolute atomic E-state index is 10.1. The predicted octanol–water partition coefficient (Wildman–Crippen LogP) is 1.12. The quantitative estimate of drug-likeness (QED) is 0.620. The third-order valence-corrected chi connectivity index (χ3v) is 4.58. The van der Waals surface area contributed by atoms with Crippen LogP contribution in [0.3, 0.4) is 0 Å². The average Bonchev–Trinajstić information content (AvgIpc) is 2.52. The van der Waals surface area contributed by atoms with Gasteiger partial charge < -0.3 is 9.84 Å². The third-order valence-electron chi connectivity index (χ3n) is 4.58. The molecule has 2 heteroatoms. The van der Waals surface area contributed by atoms with Gasteiger partial charge in [0.25, 0.3) is 0 Å². The van der Waals surface area contributed by atoms with E-state index in [-0.39, 0.29) is 12.2 Å². The topological polar surface area (TPSA) is 29.5 Å². The molecule has 2 saturated heterocycles. The van der Waals surface area contributed by atoms with Crippen molar-refractivity contribution in [2.24, 2.45) is 23.7 Å². The fourth-order valence-corrected chi connectivity index (χ4v) is 4.02. The highest BCUT2D eigenvalue weighted by molar-refractivity contribution is 5.24. The van der Waals surface area contributed by atoms with E-state index in [1.165, 1.54) is 0 Å². The molecule has 4 fully saturated rings. The van der Waals surface area contributed by atoms with Crippen LogP contribution in [0.5, 0.6) is 0 Å². The molecule has 0 aromatic rings. The van der Waals surface area contributed by atoms with Crippen molar-refractivity contribution in [2.75, 3.05) is 0 Å². The smallest absolute Gasteiger partial charge is 0.0876 e. The Labute approximate surface area is 83.3 Å². The number of hydrogen-bond acceptors (Lipinski definition) is 2. The summed E-state index contributed by atoms with van der Waals surface area (Å²) in [6, 6.07) is 0. The molecule has 2 aliphatic heterocycles. The minimum atomic E-state index is -0.206. The standard InChI is InChI=1S/C12H14O2/c13-10-8-5-9-7-4-2-1-3-6(8)11(7)14-12(9)10/h1-4,6-13H,5H2/t6-,7-,8-,9-,10+,11-,12?/m0/s1. The van der Waals surface area contributed by atoms with E-state index in [1.807, 2.05) is 0 Å². The van der Waals surface area contributed by atoms with E-state index < -0.39 is 0 Å². The van der Waals surface area contributed by atoms with E-state index in [2.05, 4.69) is 24.3 Å². The lowest BCUT2D eigenvalue weighted by Crippen LogP contribution is -2.43. The first kappa shape index (κ1) is 7.66. The van der Waals surface area contributed by atoms with E-state index in [4.69, 9.17) is 4.74 Å². The normalized spacial score (nSPS) is 62.2. The molecule has 7 atom stereocenters. The third kappa shape index (κ3) is 0.686. The van der Waals surface area contributed by atoms with Crippen LogP contribution >= 0.6 is 0 Å². The van der Waals surface area contributed by atoms with Gasteiger partial charge in [0.05, 0.1) is 18.3 Å². The molecule has 5 aliphatic rings. The summed E-state index contributed by atoms with van der Waals surface area (Å²) in [5.74, 6) is 2.08. The second-order valence-electron chi connectivity index (χ2n) is 5.04. The Kier molecular flexibility index (Phi) is 1.27. The number of hydrogen-bond donors (Lipinski definition) is 1. The van der Waals surface area contributed by atoms with Crippen LogP contribution < -0.4 is 0 Å². The van der Waals surface area contributed by atoms with Gasteiger partial charge in [0, 0.05) is 11.8 Å². The van der Waals surface area contributed by atoms with E-state index in [0.717, 1.165) is 6.42 Å². The summed E-state index contributed by atoms with van der Waals surface area (Å²) in [5, 5.41) is 10.1. The molecule has 0 radical (unpaired) electrons. The molecule has 1 N–H and O–H groups in total. The zero-order valence-electron chi connectivity index (χ0n) is 7.91. The second-order valence-corrected chi connectivity index (χ2v) is 5.04. The molecule has 0 aromatic carbocycles. The fourth-order valence-electron chi connectivity index (χ4n) is 4.02. The van der Waals surface area contributed by atoms with Crippen molar-refractivity contribution in [3.63, 3.8) is 0 Å². The minimum absolute atomic E-state index is 0.141. The van der Waals surface area contributed by atoms with Gasteiger partial charge in [-0.2, -0.15) is 0 Å². The zero-order chi connectivity index (χ0) is 9.28. The van der Waals surface area contributed by atoms with Crippen molar-refractivity contribution in [2.45, 2.75) is 24.7 Å². The van der Waals surface area contributed by atoms with E-state index in [1.54, 1.807) is 0 Å². The Morgan fingerprint density at radius 3 is 2.50 bits per heavy atom. The summed E-state index contributed by atoms with van der Waals surface area (Å²) < 4.78 is 5.96. The van der Waals surface area contributed by atoms with Gasteiger partial charge >= 0.3 is 0 Å². The van der Waals surface area contributed by atoms with Crippen molar-refractivity contribution in [3.05, 3.63) is 24.3 Å². The van der Waals surface area contributed by atoms with Crippen molar-refractivity contribution in [1.82, 2.24) is 0 Å². The number of aliphatic hydroxyl groups is 1. The van der Waals surface area contributed by atoms with Crippen LogP contribution in [0.1, 0.15) is 6.42 Å². The number of allylic oxidation sites excluding steroid dienone is 2. The Hall–Kier alpha value is -0.600. The molecule has 2 nitrogen and oxygen atoms in total. The summed E-state index contributed by atoms with van der Waals surface area (Å²) in [5.41, 5.74) is 0. The van der Waals surface area contributed by atoms with Gasteiger partial charge in [0.2, 0.25) is 0 Å². The first-order valence-electron chi connectivity index (χ1n) is 5.55. The Balaban J connectivity index is 1.87. The van der Waals surface area contributed by atoms with Crippen LogP contribution in [0.4, 0.5) is 0 Å². The molecule has 0 spiro atoms. The minimum Gasteiger partial charge on any atom is -0.390 e.